The molecule has 0 unspecified atom stereocenters. The SMILES string of the molecule is C=C(Br)CNC(=O)c1cc(S(=O)(=O)Nc2cccc(C)c2)ccc1C. The van der Waals surface area contributed by atoms with Crippen molar-refractivity contribution in [3.05, 3.63) is 70.2 Å². The number of carbonyl (C=O) groups is 1. The molecule has 0 fully saturated rings. The van der Waals surface area contributed by atoms with E-state index in [-0.39, 0.29) is 17.3 Å². The van der Waals surface area contributed by atoms with Gasteiger partial charge in [0.15, 0.2) is 0 Å². The van der Waals surface area contributed by atoms with Crippen molar-refractivity contribution in [2.45, 2.75) is 18.7 Å². The Balaban J connectivity index is 2.31. The molecule has 0 saturated heterocycles. The molecule has 0 saturated carbocycles. The van der Waals surface area contributed by atoms with Gasteiger partial charge >= 0.3 is 0 Å². The number of amides is 1. The minimum absolute atomic E-state index is 0.0300. The van der Waals surface area contributed by atoms with Gasteiger partial charge in [0.25, 0.3) is 15.9 Å². The van der Waals surface area contributed by atoms with Gasteiger partial charge in [0, 0.05) is 22.3 Å². The Kier molecular flexibility index (Phi) is 6.02. The number of halogens is 1. The summed E-state index contributed by atoms with van der Waals surface area (Å²) in [6.07, 6.45) is 0. The number of aryl methyl sites for hydroxylation is 2. The van der Waals surface area contributed by atoms with Crippen LogP contribution in [0.3, 0.4) is 0 Å². The van der Waals surface area contributed by atoms with Crippen molar-refractivity contribution < 1.29 is 13.2 Å². The minimum atomic E-state index is -3.79. The Labute approximate surface area is 156 Å². The van der Waals surface area contributed by atoms with E-state index in [2.05, 4.69) is 32.5 Å². The van der Waals surface area contributed by atoms with E-state index >= 15 is 0 Å². The van der Waals surface area contributed by atoms with Gasteiger partial charge in [-0.25, -0.2) is 8.42 Å². The summed E-state index contributed by atoms with van der Waals surface area (Å²) in [5.41, 5.74) is 2.41. The first-order valence-corrected chi connectivity index (χ1v) is 9.78. The molecule has 0 radical (unpaired) electrons. The van der Waals surface area contributed by atoms with Gasteiger partial charge in [-0.3, -0.25) is 9.52 Å². The molecule has 0 aliphatic rings. The number of sulfonamides is 1. The Morgan fingerprint density at radius 3 is 2.52 bits per heavy atom. The van der Waals surface area contributed by atoms with Crippen LogP contribution in [0.15, 0.2) is 58.4 Å². The molecule has 0 spiro atoms. The van der Waals surface area contributed by atoms with Crippen LogP contribution in [0.2, 0.25) is 0 Å². The maximum atomic E-state index is 12.6. The van der Waals surface area contributed by atoms with Gasteiger partial charge < -0.3 is 5.32 Å². The van der Waals surface area contributed by atoms with Crippen molar-refractivity contribution in [1.82, 2.24) is 5.32 Å². The maximum Gasteiger partial charge on any atom is 0.261 e. The zero-order valence-electron chi connectivity index (χ0n) is 14.0. The molecule has 0 aliphatic carbocycles. The first-order valence-electron chi connectivity index (χ1n) is 7.50. The second-order valence-electron chi connectivity index (χ2n) is 5.65. The molecule has 25 heavy (non-hydrogen) atoms. The predicted octanol–water partition coefficient (Wildman–Crippen LogP) is 3.74. The fourth-order valence-corrected chi connectivity index (χ4v) is 3.42. The third-order valence-corrected chi connectivity index (χ3v) is 5.13. The van der Waals surface area contributed by atoms with E-state index in [9.17, 15) is 13.2 Å². The molecular weight excluding hydrogens is 404 g/mol. The molecule has 1 amide bonds. The summed E-state index contributed by atoms with van der Waals surface area (Å²) in [6.45, 7) is 7.54. The highest BCUT2D eigenvalue weighted by Crippen LogP contribution is 2.20. The van der Waals surface area contributed by atoms with Crippen LogP contribution in [0.25, 0.3) is 0 Å². The quantitative estimate of drug-likeness (QED) is 0.744. The summed E-state index contributed by atoms with van der Waals surface area (Å²) in [6, 6.07) is 11.5. The molecule has 5 nitrogen and oxygen atoms in total. The Morgan fingerprint density at radius 2 is 1.88 bits per heavy atom. The largest absolute Gasteiger partial charge is 0.347 e. The molecule has 0 bridgehead atoms. The summed E-state index contributed by atoms with van der Waals surface area (Å²) in [7, 11) is -3.79. The topological polar surface area (TPSA) is 75.3 Å². The molecule has 0 heterocycles. The van der Waals surface area contributed by atoms with Gasteiger partial charge in [0.2, 0.25) is 0 Å². The molecule has 2 N–H and O–H groups in total. The third-order valence-electron chi connectivity index (χ3n) is 3.48. The van der Waals surface area contributed by atoms with E-state index in [1.807, 2.05) is 13.0 Å². The first-order chi connectivity index (χ1) is 11.7. The summed E-state index contributed by atoms with van der Waals surface area (Å²) in [5.74, 6) is -0.356. The minimum Gasteiger partial charge on any atom is -0.347 e. The van der Waals surface area contributed by atoms with E-state index in [1.54, 1.807) is 31.2 Å². The zero-order chi connectivity index (χ0) is 18.6. The second-order valence-corrected chi connectivity index (χ2v) is 8.46. The van der Waals surface area contributed by atoms with Crippen molar-refractivity contribution >= 4 is 37.5 Å². The smallest absolute Gasteiger partial charge is 0.261 e. The molecular formula is C18H19BrN2O3S. The van der Waals surface area contributed by atoms with Gasteiger partial charge in [-0.1, -0.05) is 40.7 Å². The van der Waals surface area contributed by atoms with Crippen molar-refractivity contribution in [2.24, 2.45) is 0 Å². The molecule has 7 heteroatoms. The van der Waals surface area contributed by atoms with Crippen LogP contribution in [0.5, 0.6) is 0 Å². The Bertz CT molecular complexity index is 924. The number of hydrogen-bond donors (Lipinski definition) is 2. The zero-order valence-corrected chi connectivity index (χ0v) is 16.4. The summed E-state index contributed by atoms with van der Waals surface area (Å²) < 4.78 is 28.4. The lowest BCUT2D eigenvalue weighted by molar-refractivity contribution is 0.0957. The summed E-state index contributed by atoms with van der Waals surface area (Å²) >= 11 is 3.17. The lowest BCUT2D eigenvalue weighted by Crippen LogP contribution is -2.25. The summed E-state index contributed by atoms with van der Waals surface area (Å²) in [4.78, 5) is 12.3. The third kappa shape index (κ3) is 5.17. The molecule has 0 aromatic heterocycles. The number of rotatable bonds is 6. The average molecular weight is 423 g/mol. The van der Waals surface area contributed by atoms with Crippen molar-refractivity contribution in [3.8, 4) is 0 Å². The van der Waals surface area contributed by atoms with E-state index in [4.69, 9.17) is 0 Å². The molecule has 0 atom stereocenters. The lowest BCUT2D eigenvalue weighted by atomic mass is 10.1. The standard InChI is InChI=1S/C18H19BrN2O3S/c1-12-5-4-6-15(9-12)21-25(23,24)16-8-7-13(2)17(10-16)18(22)20-11-14(3)19/h4-10,21H,3,11H2,1-2H3,(H,20,22). The number of carbonyl (C=O) groups excluding carboxylic acids is 1. The van der Waals surface area contributed by atoms with Gasteiger partial charge in [0.1, 0.15) is 0 Å². The first kappa shape index (κ1) is 19.2. The molecule has 0 aliphatic heterocycles. The molecule has 132 valence electrons. The average Bonchev–Trinajstić information content (AvgIpc) is 2.52. The van der Waals surface area contributed by atoms with Crippen LogP contribution in [0, 0.1) is 13.8 Å². The predicted molar refractivity (Wildman–Crippen MR) is 104 cm³/mol. The molecule has 2 aromatic carbocycles. The monoisotopic (exact) mass is 422 g/mol. The fourth-order valence-electron chi connectivity index (χ4n) is 2.21. The van der Waals surface area contributed by atoms with Crippen LogP contribution in [-0.4, -0.2) is 20.9 Å². The van der Waals surface area contributed by atoms with Crippen molar-refractivity contribution in [1.29, 1.82) is 0 Å². The van der Waals surface area contributed by atoms with Crippen LogP contribution in [0.1, 0.15) is 21.5 Å². The van der Waals surface area contributed by atoms with Gasteiger partial charge in [-0.05, 0) is 49.2 Å². The highest BCUT2D eigenvalue weighted by atomic mass is 79.9. The summed E-state index contributed by atoms with van der Waals surface area (Å²) in [5, 5.41) is 2.67. The number of benzene rings is 2. The van der Waals surface area contributed by atoms with Crippen LogP contribution >= 0.6 is 15.9 Å². The van der Waals surface area contributed by atoms with E-state index in [0.717, 1.165) is 5.56 Å². The van der Waals surface area contributed by atoms with Crippen molar-refractivity contribution in [3.63, 3.8) is 0 Å². The van der Waals surface area contributed by atoms with Gasteiger partial charge in [-0.2, -0.15) is 0 Å². The van der Waals surface area contributed by atoms with Gasteiger partial charge in [0.05, 0.1) is 4.90 Å². The van der Waals surface area contributed by atoms with Crippen LogP contribution in [0.4, 0.5) is 5.69 Å². The number of nitrogens with one attached hydrogen (secondary N) is 2. The van der Waals surface area contributed by atoms with E-state index in [1.165, 1.54) is 12.1 Å². The Morgan fingerprint density at radius 1 is 1.16 bits per heavy atom. The maximum absolute atomic E-state index is 12.6. The number of hydrogen-bond acceptors (Lipinski definition) is 3. The van der Waals surface area contributed by atoms with Crippen LogP contribution in [-0.2, 0) is 10.0 Å². The van der Waals surface area contributed by atoms with E-state index < -0.39 is 10.0 Å². The van der Waals surface area contributed by atoms with Gasteiger partial charge in [-0.15, -0.1) is 0 Å². The lowest BCUT2D eigenvalue weighted by Gasteiger charge is -2.12. The fraction of sp³-hybridized carbons (Fsp3) is 0.167. The highest BCUT2D eigenvalue weighted by Gasteiger charge is 2.18. The molecule has 2 rings (SSSR count). The Hall–Kier alpha value is -2.12. The molecule has 2 aromatic rings. The highest BCUT2D eigenvalue weighted by molar-refractivity contribution is 9.11. The van der Waals surface area contributed by atoms with E-state index in [0.29, 0.717) is 21.3 Å². The number of anilines is 1. The van der Waals surface area contributed by atoms with Crippen molar-refractivity contribution in [2.75, 3.05) is 11.3 Å². The second kappa shape index (κ2) is 7.84. The van der Waals surface area contributed by atoms with Crippen LogP contribution < -0.4 is 10.0 Å². The normalized spacial score (nSPS) is 11.0.